The number of rotatable bonds is 4. The first kappa shape index (κ1) is 13.1. The number of benzene rings is 1. The molecule has 0 saturated carbocycles. The van der Waals surface area contributed by atoms with Gasteiger partial charge in [0.2, 0.25) is 0 Å². The second-order valence-corrected chi connectivity index (χ2v) is 5.90. The maximum Gasteiger partial charge on any atom is 0.0767 e. The predicted octanol–water partition coefficient (Wildman–Crippen LogP) is 2.81. The highest BCUT2D eigenvalue weighted by Gasteiger charge is 2.34. The molecule has 18 heavy (non-hydrogen) atoms. The van der Waals surface area contributed by atoms with Gasteiger partial charge in [-0.25, -0.2) is 0 Å². The van der Waals surface area contributed by atoms with Gasteiger partial charge in [-0.05, 0) is 44.7 Å². The Labute approximate surface area is 108 Å². The molecule has 0 spiro atoms. The molecule has 1 heterocycles. The van der Waals surface area contributed by atoms with E-state index in [9.17, 15) is 5.11 Å². The Bertz CT molecular complexity index is 535. The third-order valence-corrected chi connectivity index (χ3v) is 3.92. The molecule has 0 aliphatic heterocycles. The number of hydrogen-bond acceptors (Lipinski definition) is 2. The van der Waals surface area contributed by atoms with Crippen molar-refractivity contribution in [1.29, 1.82) is 0 Å². The van der Waals surface area contributed by atoms with Gasteiger partial charge < -0.3 is 15.4 Å². The lowest BCUT2D eigenvalue weighted by atomic mass is 9.86. The van der Waals surface area contributed by atoms with Crippen LogP contribution < -0.4 is 5.32 Å². The molecule has 2 aromatic rings. The molecule has 98 valence electrons. The molecule has 0 amide bonds. The molecule has 0 aliphatic rings. The van der Waals surface area contributed by atoms with Crippen LogP contribution in [0.4, 0.5) is 0 Å². The minimum absolute atomic E-state index is 0.345. The van der Waals surface area contributed by atoms with Gasteiger partial charge in [0.15, 0.2) is 0 Å². The normalized spacial score (nSPS) is 13.2. The van der Waals surface area contributed by atoms with Crippen LogP contribution in [-0.2, 0) is 6.54 Å². The van der Waals surface area contributed by atoms with Crippen LogP contribution in [0, 0.1) is 0 Å². The second kappa shape index (κ2) is 4.41. The van der Waals surface area contributed by atoms with Crippen molar-refractivity contribution in [1.82, 2.24) is 10.3 Å². The average molecular weight is 246 g/mol. The zero-order valence-electron chi connectivity index (χ0n) is 11.5. The van der Waals surface area contributed by atoms with E-state index in [1.807, 2.05) is 33.9 Å². The van der Waals surface area contributed by atoms with E-state index in [0.717, 1.165) is 12.1 Å². The topological polar surface area (TPSA) is 48.0 Å². The van der Waals surface area contributed by atoms with Gasteiger partial charge in [0.05, 0.1) is 5.60 Å². The van der Waals surface area contributed by atoms with Gasteiger partial charge in [-0.3, -0.25) is 0 Å². The Hall–Kier alpha value is -1.32. The van der Waals surface area contributed by atoms with E-state index in [-0.39, 0.29) is 5.54 Å². The van der Waals surface area contributed by atoms with Crippen molar-refractivity contribution in [2.24, 2.45) is 0 Å². The number of nitrogens with one attached hydrogen (secondary N) is 2. The number of aliphatic hydroxyl groups is 1. The summed E-state index contributed by atoms with van der Waals surface area (Å²) in [5.41, 5.74) is 1.27. The van der Waals surface area contributed by atoms with Gasteiger partial charge in [-0.15, -0.1) is 0 Å². The Morgan fingerprint density at radius 1 is 1.17 bits per heavy atom. The number of aromatic amines is 1. The number of aromatic nitrogens is 1. The van der Waals surface area contributed by atoms with Crippen molar-refractivity contribution in [3.63, 3.8) is 0 Å². The van der Waals surface area contributed by atoms with Crippen LogP contribution in [-0.4, -0.2) is 21.2 Å². The lowest BCUT2D eigenvalue weighted by Gasteiger charge is -2.38. The van der Waals surface area contributed by atoms with Crippen molar-refractivity contribution in [2.75, 3.05) is 0 Å². The first-order valence-corrected chi connectivity index (χ1v) is 6.34. The molecular weight excluding hydrogens is 224 g/mol. The molecule has 3 N–H and O–H groups in total. The van der Waals surface area contributed by atoms with Crippen molar-refractivity contribution in [2.45, 2.75) is 45.4 Å². The van der Waals surface area contributed by atoms with Gasteiger partial charge in [0.25, 0.3) is 0 Å². The third-order valence-electron chi connectivity index (χ3n) is 3.92. The highest BCUT2D eigenvalue weighted by atomic mass is 16.3. The van der Waals surface area contributed by atoms with Crippen LogP contribution in [0.25, 0.3) is 10.9 Å². The Kier molecular flexibility index (Phi) is 3.21. The molecule has 3 nitrogen and oxygen atoms in total. The van der Waals surface area contributed by atoms with E-state index >= 15 is 0 Å². The molecule has 0 fully saturated rings. The zero-order chi connectivity index (χ0) is 13.4. The Balaban J connectivity index is 2.18. The van der Waals surface area contributed by atoms with Gasteiger partial charge >= 0.3 is 0 Å². The molecule has 0 radical (unpaired) electrons. The fourth-order valence-electron chi connectivity index (χ4n) is 1.83. The Morgan fingerprint density at radius 3 is 2.56 bits per heavy atom. The second-order valence-electron chi connectivity index (χ2n) is 5.90. The monoisotopic (exact) mass is 246 g/mol. The largest absolute Gasteiger partial charge is 0.389 e. The molecule has 0 aliphatic carbocycles. The van der Waals surface area contributed by atoms with Crippen molar-refractivity contribution in [3.05, 3.63) is 36.0 Å². The van der Waals surface area contributed by atoms with Gasteiger partial charge in [0.1, 0.15) is 0 Å². The SMILES string of the molecule is CC(C)(O)C(C)(C)NCc1cccc2cc[nH]c12. The Morgan fingerprint density at radius 2 is 1.89 bits per heavy atom. The van der Waals surface area contributed by atoms with Crippen molar-refractivity contribution >= 4 is 10.9 Å². The minimum atomic E-state index is -0.767. The van der Waals surface area contributed by atoms with E-state index in [4.69, 9.17) is 0 Å². The third kappa shape index (κ3) is 2.42. The maximum atomic E-state index is 10.1. The average Bonchev–Trinajstić information content (AvgIpc) is 2.73. The van der Waals surface area contributed by atoms with Crippen molar-refractivity contribution in [3.8, 4) is 0 Å². The summed E-state index contributed by atoms with van der Waals surface area (Å²) >= 11 is 0. The standard InChI is InChI=1S/C15H22N2O/c1-14(2,15(3,4)18)17-10-12-7-5-6-11-8-9-16-13(11)12/h5-9,16-18H,10H2,1-4H3. The van der Waals surface area contributed by atoms with E-state index in [1.54, 1.807) is 0 Å². The smallest absolute Gasteiger partial charge is 0.0767 e. The molecule has 1 aromatic heterocycles. The number of fused-ring (bicyclic) bond motifs is 1. The van der Waals surface area contributed by atoms with Crippen LogP contribution >= 0.6 is 0 Å². The van der Waals surface area contributed by atoms with E-state index in [2.05, 4.69) is 34.6 Å². The number of H-pyrrole nitrogens is 1. The number of hydrogen-bond donors (Lipinski definition) is 3. The summed E-state index contributed by atoms with van der Waals surface area (Å²) < 4.78 is 0. The molecule has 1 aromatic carbocycles. The minimum Gasteiger partial charge on any atom is -0.389 e. The van der Waals surface area contributed by atoms with Gasteiger partial charge in [-0.1, -0.05) is 18.2 Å². The van der Waals surface area contributed by atoms with Gasteiger partial charge in [0, 0.05) is 23.8 Å². The highest BCUT2D eigenvalue weighted by molar-refractivity contribution is 5.82. The first-order valence-electron chi connectivity index (χ1n) is 6.34. The molecule has 0 saturated heterocycles. The molecule has 0 unspecified atom stereocenters. The van der Waals surface area contributed by atoms with Crippen LogP contribution in [0.15, 0.2) is 30.5 Å². The molecular formula is C15H22N2O. The number of para-hydroxylation sites is 1. The quantitative estimate of drug-likeness (QED) is 0.777. The molecule has 2 rings (SSSR count). The van der Waals surface area contributed by atoms with Crippen molar-refractivity contribution < 1.29 is 5.11 Å². The lowest BCUT2D eigenvalue weighted by molar-refractivity contribution is -0.00527. The fraction of sp³-hybridized carbons (Fsp3) is 0.467. The summed E-state index contributed by atoms with van der Waals surface area (Å²) in [6.45, 7) is 8.42. The van der Waals surface area contributed by atoms with E-state index in [0.29, 0.717) is 0 Å². The van der Waals surface area contributed by atoms with E-state index in [1.165, 1.54) is 10.9 Å². The summed E-state index contributed by atoms with van der Waals surface area (Å²) in [5.74, 6) is 0. The van der Waals surface area contributed by atoms with E-state index < -0.39 is 5.60 Å². The molecule has 0 atom stereocenters. The maximum absolute atomic E-state index is 10.1. The van der Waals surface area contributed by atoms with Gasteiger partial charge in [-0.2, -0.15) is 0 Å². The first-order chi connectivity index (χ1) is 8.31. The molecule has 3 heteroatoms. The molecule has 0 bridgehead atoms. The zero-order valence-corrected chi connectivity index (χ0v) is 11.5. The van der Waals surface area contributed by atoms with Crippen LogP contribution in [0.5, 0.6) is 0 Å². The lowest BCUT2D eigenvalue weighted by Crippen LogP contribution is -2.55. The van der Waals surface area contributed by atoms with Crippen LogP contribution in [0.2, 0.25) is 0 Å². The predicted molar refractivity (Wildman–Crippen MR) is 75.5 cm³/mol. The summed E-state index contributed by atoms with van der Waals surface area (Å²) in [6.07, 6.45) is 1.95. The summed E-state index contributed by atoms with van der Waals surface area (Å²) in [5, 5.41) is 14.8. The highest BCUT2D eigenvalue weighted by Crippen LogP contribution is 2.22. The summed E-state index contributed by atoms with van der Waals surface area (Å²) in [7, 11) is 0. The summed E-state index contributed by atoms with van der Waals surface area (Å²) in [4.78, 5) is 3.26. The van der Waals surface area contributed by atoms with Crippen LogP contribution in [0.1, 0.15) is 33.3 Å². The van der Waals surface area contributed by atoms with Crippen LogP contribution in [0.3, 0.4) is 0 Å². The summed E-state index contributed by atoms with van der Waals surface area (Å²) in [6, 6.07) is 8.33. The fourth-order valence-corrected chi connectivity index (χ4v) is 1.83.